The number of carbonyl (C=O) groups is 1. The molecule has 1 N–H and O–H groups in total. The number of hydrogen-bond donors (Lipinski definition) is 1. The maximum Gasteiger partial charge on any atom is 0.345 e. The van der Waals surface area contributed by atoms with Gasteiger partial charge in [0.15, 0.2) is 6.10 Å². The van der Waals surface area contributed by atoms with E-state index >= 15 is 0 Å². The van der Waals surface area contributed by atoms with E-state index in [1.54, 1.807) is 0 Å². The Kier molecular flexibility index (Phi) is 4.80. The van der Waals surface area contributed by atoms with E-state index in [1.807, 2.05) is 66.7 Å². The van der Waals surface area contributed by atoms with E-state index in [9.17, 15) is 9.90 Å². The SMILES string of the molecule is CCc1ccc(CC(Oc2ccc3ccccc3c2)C(=O)O)cc1. The number of carboxylic acids is 1. The van der Waals surface area contributed by atoms with Crippen molar-refractivity contribution >= 4 is 16.7 Å². The fourth-order valence-corrected chi connectivity index (χ4v) is 2.71. The van der Waals surface area contributed by atoms with Crippen molar-refractivity contribution in [2.45, 2.75) is 25.9 Å². The molecule has 0 saturated carbocycles. The molecule has 3 aromatic rings. The maximum absolute atomic E-state index is 11.6. The van der Waals surface area contributed by atoms with E-state index < -0.39 is 12.1 Å². The highest BCUT2D eigenvalue weighted by Crippen LogP contribution is 2.22. The van der Waals surface area contributed by atoms with Gasteiger partial charge in [-0.05, 0) is 40.5 Å². The number of ether oxygens (including phenoxy) is 1. The fourth-order valence-electron chi connectivity index (χ4n) is 2.71. The largest absolute Gasteiger partial charge is 0.478 e. The Hall–Kier alpha value is -2.81. The van der Waals surface area contributed by atoms with Crippen LogP contribution >= 0.6 is 0 Å². The monoisotopic (exact) mass is 320 g/mol. The van der Waals surface area contributed by atoms with E-state index in [0.717, 1.165) is 22.8 Å². The summed E-state index contributed by atoms with van der Waals surface area (Å²) in [7, 11) is 0. The van der Waals surface area contributed by atoms with Crippen LogP contribution in [0.1, 0.15) is 18.1 Å². The van der Waals surface area contributed by atoms with Gasteiger partial charge in [-0.2, -0.15) is 0 Å². The van der Waals surface area contributed by atoms with E-state index in [-0.39, 0.29) is 0 Å². The quantitative estimate of drug-likeness (QED) is 0.728. The van der Waals surface area contributed by atoms with Crippen molar-refractivity contribution in [2.75, 3.05) is 0 Å². The zero-order valence-electron chi connectivity index (χ0n) is 13.6. The minimum Gasteiger partial charge on any atom is -0.478 e. The molecule has 1 atom stereocenters. The van der Waals surface area contributed by atoms with Crippen LogP contribution in [0.25, 0.3) is 10.8 Å². The number of rotatable bonds is 6. The number of benzene rings is 3. The van der Waals surface area contributed by atoms with E-state index in [1.165, 1.54) is 5.56 Å². The van der Waals surface area contributed by atoms with Crippen LogP contribution in [0.5, 0.6) is 5.75 Å². The normalized spacial score (nSPS) is 12.0. The zero-order valence-corrected chi connectivity index (χ0v) is 13.6. The molecule has 3 aromatic carbocycles. The Morgan fingerprint density at radius 2 is 1.62 bits per heavy atom. The highest BCUT2D eigenvalue weighted by molar-refractivity contribution is 5.84. The van der Waals surface area contributed by atoms with Crippen LogP contribution in [-0.2, 0) is 17.6 Å². The summed E-state index contributed by atoms with van der Waals surface area (Å²) in [5.41, 5.74) is 2.20. The zero-order chi connectivity index (χ0) is 16.9. The molecule has 0 bridgehead atoms. The summed E-state index contributed by atoms with van der Waals surface area (Å²) in [4.78, 5) is 11.6. The van der Waals surface area contributed by atoms with Crippen molar-refractivity contribution in [3.63, 3.8) is 0 Å². The van der Waals surface area contributed by atoms with Crippen molar-refractivity contribution in [2.24, 2.45) is 0 Å². The number of fused-ring (bicyclic) bond motifs is 1. The number of hydrogen-bond acceptors (Lipinski definition) is 2. The molecule has 1 unspecified atom stereocenters. The van der Waals surface area contributed by atoms with Crippen molar-refractivity contribution in [3.8, 4) is 5.75 Å². The van der Waals surface area contributed by atoms with Gasteiger partial charge in [-0.15, -0.1) is 0 Å². The highest BCUT2D eigenvalue weighted by Gasteiger charge is 2.20. The number of aryl methyl sites for hydroxylation is 1. The lowest BCUT2D eigenvalue weighted by Crippen LogP contribution is -2.29. The molecule has 0 aliphatic carbocycles. The first kappa shape index (κ1) is 16.1. The Labute approximate surface area is 141 Å². The molecular formula is C21H20O3. The molecule has 0 spiro atoms. The second-order valence-electron chi connectivity index (χ2n) is 5.83. The molecule has 0 radical (unpaired) electrons. The van der Waals surface area contributed by atoms with Crippen molar-refractivity contribution in [1.29, 1.82) is 0 Å². The number of aliphatic carboxylic acids is 1. The van der Waals surface area contributed by atoms with E-state index in [2.05, 4.69) is 6.92 Å². The van der Waals surface area contributed by atoms with Crippen molar-refractivity contribution in [1.82, 2.24) is 0 Å². The molecule has 0 saturated heterocycles. The summed E-state index contributed by atoms with van der Waals surface area (Å²) in [5, 5.41) is 11.6. The summed E-state index contributed by atoms with van der Waals surface area (Å²) in [6.07, 6.45) is 0.404. The van der Waals surface area contributed by atoms with Crippen molar-refractivity contribution in [3.05, 3.63) is 77.9 Å². The van der Waals surface area contributed by atoms with Crippen LogP contribution in [-0.4, -0.2) is 17.2 Å². The standard InChI is InChI=1S/C21H20O3/c1-2-15-7-9-16(10-8-15)13-20(21(22)23)24-19-12-11-17-5-3-4-6-18(17)14-19/h3-12,14,20H,2,13H2,1H3,(H,22,23). The molecule has 0 amide bonds. The van der Waals surface area contributed by atoms with Crippen molar-refractivity contribution < 1.29 is 14.6 Å². The predicted molar refractivity (Wildman–Crippen MR) is 95.5 cm³/mol. The molecule has 122 valence electrons. The Bertz CT molecular complexity index is 837. The number of carboxylic acid groups (broad SMARTS) is 1. The molecule has 0 heterocycles. The third-order valence-electron chi connectivity index (χ3n) is 4.13. The van der Waals surface area contributed by atoms with Gasteiger partial charge in [-0.1, -0.05) is 61.5 Å². The van der Waals surface area contributed by atoms with Crippen LogP contribution in [0.4, 0.5) is 0 Å². The summed E-state index contributed by atoms with van der Waals surface area (Å²) in [6.45, 7) is 2.10. The Morgan fingerprint density at radius 3 is 2.29 bits per heavy atom. The van der Waals surface area contributed by atoms with E-state index in [4.69, 9.17) is 4.74 Å². The van der Waals surface area contributed by atoms with Crippen LogP contribution in [0, 0.1) is 0 Å². The highest BCUT2D eigenvalue weighted by atomic mass is 16.5. The smallest absolute Gasteiger partial charge is 0.345 e. The minimum atomic E-state index is -0.956. The van der Waals surface area contributed by atoms with Crippen LogP contribution in [0.15, 0.2) is 66.7 Å². The molecule has 3 rings (SSSR count). The van der Waals surface area contributed by atoms with E-state index in [0.29, 0.717) is 12.2 Å². The molecule has 0 aliphatic heterocycles. The lowest BCUT2D eigenvalue weighted by Gasteiger charge is -2.16. The average Bonchev–Trinajstić information content (AvgIpc) is 2.61. The lowest BCUT2D eigenvalue weighted by atomic mass is 10.0. The van der Waals surface area contributed by atoms with Crippen LogP contribution in [0.3, 0.4) is 0 Å². The van der Waals surface area contributed by atoms with Gasteiger partial charge in [0, 0.05) is 6.42 Å². The van der Waals surface area contributed by atoms with Crippen LogP contribution in [0.2, 0.25) is 0 Å². The average molecular weight is 320 g/mol. The van der Waals surface area contributed by atoms with Gasteiger partial charge in [-0.3, -0.25) is 0 Å². The summed E-state index contributed by atoms with van der Waals surface area (Å²) in [6, 6.07) is 21.6. The molecular weight excluding hydrogens is 300 g/mol. The van der Waals surface area contributed by atoms with Gasteiger partial charge in [0.1, 0.15) is 5.75 Å². The van der Waals surface area contributed by atoms with Gasteiger partial charge in [-0.25, -0.2) is 4.79 Å². The first-order valence-electron chi connectivity index (χ1n) is 8.12. The van der Waals surface area contributed by atoms with Gasteiger partial charge in [0.05, 0.1) is 0 Å². The van der Waals surface area contributed by atoms with Gasteiger partial charge < -0.3 is 9.84 Å². The molecule has 3 heteroatoms. The topological polar surface area (TPSA) is 46.5 Å². The summed E-state index contributed by atoms with van der Waals surface area (Å²) in [5.74, 6) is -0.381. The predicted octanol–water partition coefficient (Wildman–Crippen LogP) is 4.48. The third kappa shape index (κ3) is 3.74. The lowest BCUT2D eigenvalue weighted by molar-refractivity contribution is -0.145. The first-order chi connectivity index (χ1) is 11.7. The second kappa shape index (κ2) is 7.18. The molecule has 0 aliphatic rings. The minimum absolute atomic E-state index is 0.339. The summed E-state index contributed by atoms with van der Waals surface area (Å²) >= 11 is 0. The first-order valence-corrected chi connectivity index (χ1v) is 8.12. The molecule has 3 nitrogen and oxygen atoms in total. The molecule has 0 fully saturated rings. The van der Waals surface area contributed by atoms with Gasteiger partial charge in [0.2, 0.25) is 0 Å². The fraction of sp³-hybridized carbons (Fsp3) is 0.190. The van der Waals surface area contributed by atoms with Gasteiger partial charge >= 0.3 is 5.97 Å². The second-order valence-corrected chi connectivity index (χ2v) is 5.83. The Morgan fingerprint density at radius 1 is 0.958 bits per heavy atom. The maximum atomic E-state index is 11.6. The molecule has 24 heavy (non-hydrogen) atoms. The summed E-state index contributed by atoms with van der Waals surface area (Å²) < 4.78 is 5.74. The Balaban J connectivity index is 1.78. The molecule has 0 aromatic heterocycles. The van der Waals surface area contributed by atoms with Gasteiger partial charge in [0.25, 0.3) is 0 Å². The van der Waals surface area contributed by atoms with Crippen LogP contribution < -0.4 is 4.74 Å². The third-order valence-corrected chi connectivity index (χ3v) is 4.13.